The molecule has 3 aromatic rings. The minimum absolute atomic E-state index is 0.292. The first-order valence-electron chi connectivity index (χ1n) is 8.87. The monoisotopic (exact) mass is 401 g/mol. The highest BCUT2D eigenvalue weighted by molar-refractivity contribution is 7.09. The smallest absolute Gasteiger partial charge is 0.256 e. The summed E-state index contributed by atoms with van der Waals surface area (Å²) in [6.45, 7) is 1.93. The molecule has 1 fully saturated rings. The highest BCUT2D eigenvalue weighted by atomic mass is 31.0. The first-order valence-corrected chi connectivity index (χ1v) is 9.34. The second-order valence-electron chi connectivity index (χ2n) is 6.43. The van der Waals surface area contributed by atoms with Crippen molar-refractivity contribution in [2.24, 2.45) is 0 Å². The van der Waals surface area contributed by atoms with Crippen LogP contribution in [0, 0.1) is 0 Å². The van der Waals surface area contributed by atoms with Crippen LogP contribution in [0.2, 0.25) is 0 Å². The molecule has 1 aliphatic rings. The number of ether oxygens (including phenoxy) is 1. The fourth-order valence-corrected chi connectivity index (χ4v) is 3.62. The summed E-state index contributed by atoms with van der Waals surface area (Å²) in [4.78, 5) is 25.2. The van der Waals surface area contributed by atoms with Gasteiger partial charge in [-0.25, -0.2) is 15.0 Å². The normalized spacial score (nSPS) is 24.5. The van der Waals surface area contributed by atoms with E-state index in [9.17, 15) is 9.90 Å². The number of amides is 1. The molecule has 0 spiro atoms. The minimum Gasteiger partial charge on any atom is -0.387 e. The average molecular weight is 401 g/mol. The molecule has 1 aromatic carbocycles. The first-order chi connectivity index (χ1) is 13.6. The predicted octanol–water partition coefficient (Wildman–Crippen LogP) is 1.92. The molecule has 9 nitrogen and oxygen atoms in total. The van der Waals surface area contributed by atoms with Crippen LogP contribution in [0.15, 0.2) is 43.0 Å². The number of rotatable bonds is 5. The number of carbonyl (C=O) groups excluding carboxylic acids is 1. The van der Waals surface area contributed by atoms with Crippen molar-refractivity contribution in [1.82, 2.24) is 19.5 Å². The van der Waals surface area contributed by atoms with Crippen molar-refractivity contribution in [2.45, 2.75) is 37.9 Å². The lowest BCUT2D eigenvalue weighted by atomic mass is 10.1. The SMILES string of the molecule is CC[C@H]1O[C@@H](n2cnc3c(NC(=O)c4ccccc4)ncnc32)[C@H](OP)[C@@H]1O. The number of aliphatic hydroxyl groups excluding tert-OH is 1. The van der Waals surface area contributed by atoms with Crippen molar-refractivity contribution in [3.05, 3.63) is 48.5 Å². The Hall–Kier alpha value is -2.45. The lowest BCUT2D eigenvalue weighted by Crippen LogP contribution is -2.31. The van der Waals surface area contributed by atoms with Crippen molar-refractivity contribution in [3.63, 3.8) is 0 Å². The van der Waals surface area contributed by atoms with Gasteiger partial charge in [0.1, 0.15) is 18.5 Å². The Morgan fingerprint density at radius 3 is 2.82 bits per heavy atom. The van der Waals surface area contributed by atoms with E-state index in [-0.39, 0.29) is 12.0 Å². The zero-order valence-corrected chi connectivity index (χ0v) is 16.3. The third-order valence-corrected chi connectivity index (χ3v) is 5.09. The molecule has 146 valence electrons. The quantitative estimate of drug-likeness (QED) is 0.628. The molecular weight excluding hydrogens is 381 g/mol. The van der Waals surface area contributed by atoms with Crippen molar-refractivity contribution >= 4 is 32.4 Å². The summed E-state index contributed by atoms with van der Waals surface area (Å²) < 4.78 is 13.0. The minimum atomic E-state index is -0.774. The Labute approximate surface area is 163 Å². The van der Waals surface area contributed by atoms with E-state index in [1.54, 1.807) is 35.2 Å². The number of nitrogens with one attached hydrogen (secondary N) is 1. The fourth-order valence-electron chi connectivity index (χ4n) is 3.33. The Balaban J connectivity index is 1.66. The van der Waals surface area contributed by atoms with Crippen LogP contribution in [0.25, 0.3) is 11.2 Å². The van der Waals surface area contributed by atoms with E-state index in [1.807, 2.05) is 13.0 Å². The highest BCUT2D eigenvalue weighted by Gasteiger charge is 2.44. The number of hydrogen-bond donors (Lipinski definition) is 2. The van der Waals surface area contributed by atoms with Gasteiger partial charge in [0.15, 0.2) is 23.2 Å². The summed E-state index contributed by atoms with van der Waals surface area (Å²) in [5.74, 6) is 0.00596. The average Bonchev–Trinajstić information content (AvgIpc) is 3.29. The van der Waals surface area contributed by atoms with E-state index in [2.05, 4.69) is 29.7 Å². The highest BCUT2D eigenvalue weighted by Crippen LogP contribution is 2.36. The molecular formula is C18H20N5O4P. The number of aromatic nitrogens is 4. The van der Waals surface area contributed by atoms with Crippen LogP contribution in [0.4, 0.5) is 5.82 Å². The van der Waals surface area contributed by atoms with Gasteiger partial charge in [0.25, 0.3) is 5.91 Å². The second kappa shape index (κ2) is 7.89. The van der Waals surface area contributed by atoms with Crippen LogP contribution in [-0.4, -0.2) is 48.8 Å². The molecule has 1 amide bonds. The van der Waals surface area contributed by atoms with Gasteiger partial charge >= 0.3 is 0 Å². The number of anilines is 1. The van der Waals surface area contributed by atoms with Crippen molar-refractivity contribution < 1.29 is 19.2 Å². The number of hydrogen-bond acceptors (Lipinski definition) is 7. The van der Waals surface area contributed by atoms with Crippen molar-refractivity contribution in [1.29, 1.82) is 0 Å². The molecule has 4 rings (SSSR count). The summed E-state index contributed by atoms with van der Waals surface area (Å²) in [5, 5.41) is 13.2. The topological polar surface area (TPSA) is 111 Å². The summed E-state index contributed by atoms with van der Waals surface area (Å²) in [5.41, 5.74) is 1.41. The summed E-state index contributed by atoms with van der Waals surface area (Å²) in [6, 6.07) is 8.84. The van der Waals surface area contributed by atoms with E-state index >= 15 is 0 Å². The molecule has 0 saturated carbocycles. The summed E-state index contributed by atoms with van der Waals surface area (Å²) in [7, 11) is 2.17. The van der Waals surface area contributed by atoms with Crippen molar-refractivity contribution in [2.75, 3.05) is 5.32 Å². The Morgan fingerprint density at radius 2 is 2.11 bits per heavy atom. The van der Waals surface area contributed by atoms with Crippen LogP contribution in [0.1, 0.15) is 29.9 Å². The molecule has 1 unspecified atom stereocenters. The molecule has 5 atom stereocenters. The maximum absolute atomic E-state index is 12.5. The number of nitrogens with zero attached hydrogens (tertiary/aromatic N) is 4. The van der Waals surface area contributed by atoms with E-state index in [0.29, 0.717) is 29.0 Å². The van der Waals surface area contributed by atoms with Crippen LogP contribution in [0.5, 0.6) is 0 Å². The van der Waals surface area contributed by atoms with Crippen LogP contribution in [-0.2, 0) is 9.26 Å². The van der Waals surface area contributed by atoms with E-state index < -0.39 is 18.4 Å². The predicted molar refractivity (Wildman–Crippen MR) is 105 cm³/mol. The molecule has 1 aliphatic heterocycles. The molecule has 0 radical (unpaired) electrons. The molecule has 0 bridgehead atoms. The van der Waals surface area contributed by atoms with Crippen molar-refractivity contribution in [3.8, 4) is 0 Å². The van der Waals surface area contributed by atoms with Crippen LogP contribution >= 0.6 is 9.47 Å². The zero-order valence-electron chi connectivity index (χ0n) is 15.1. The lowest BCUT2D eigenvalue weighted by Gasteiger charge is -2.19. The standard InChI is InChI=1S/C18H20N5O4P/c1-2-11-13(24)14(27-28)18(26-11)23-9-21-12-15(19-8-20-16(12)23)22-17(25)10-6-4-3-5-7-10/h3-9,11,13-14,18,24H,2,28H2,1H3,(H,19,20,22,25)/t11-,13-,14-,18-/m1/s1. The number of aliphatic hydroxyl groups is 1. The van der Waals surface area contributed by atoms with E-state index in [1.165, 1.54) is 6.33 Å². The van der Waals surface area contributed by atoms with Gasteiger partial charge < -0.3 is 19.7 Å². The molecule has 28 heavy (non-hydrogen) atoms. The van der Waals surface area contributed by atoms with Gasteiger partial charge in [-0.3, -0.25) is 9.36 Å². The molecule has 3 heterocycles. The number of benzene rings is 1. The fraction of sp³-hybridized carbons (Fsp3) is 0.333. The lowest BCUT2D eigenvalue weighted by molar-refractivity contribution is -0.0279. The summed E-state index contributed by atoms with van der Waals surface area (Å²) >= 11 is 0. The van der Waals surface area contributed by atoms with Crippen LogP contribution < -0.4 is 5.32 Å². The number of carbonyl (C=O) groups is 1. The zero-order chi connectivity index (χ0) is 19.7. The second-order valence-corrected chi connectivity index (χ2v) is 6.70. The molecule has 0 aliphatic carbocycles. The first kappa shape index (κ1) is 18.9. The summed E-state index contributed by atoms with van der Waals surface area (Å²) in [6.07, 6.45) is 1.21. The number of imidazole rings is 1. The van der Waals surface area contributed by atoms with Gasteiger partial charge in [0.2, 0.25) is 0 Å². The Morgan fingerprint density at radius 1 is 1.32 bits per heavy atom. The van der Waals surface area contributed by atoms with Gasteiger partial charge in [-0.1, -0.05) is 25.1 Å². The maximum Gasteiger partial charge on any atom is 0.256 e. The molecule has 10 heteroatoms. The van der Waals surface area contributed by atoms with Crippen LogP contribution in [0.3, 0.4) is 0 Å². The van der Waals surface area contributed by atoms with Gasteiger partial charge in [-0.05, 0) is 18.6 Å². The molecule has 2 N–H and O–H groups in total. The molecule has 1 saturated heterocycles. The van der Waals surface area contributed by atoms with Gasteiger partial charge in [-0.2, -0.15) is 0 Å². The number of fused-ring (bicyclic) bond motifs is 1. The maximum atomic E-state index is 12.5. The van der Waals surface area contributed by atoms with E-state index in [0.717, 1.165) is 0 Å². The largest absolute Gasteiger partial charge is 0.387 e. The van der Waals surface area contributed by atoms with Gasteiger partial charge in [-0.15, -0.1) is 0 Å². The third kappa shape index (κ3) is 3.27. The third-order valence-electron chi connectivity index (χ3n) is 4.77. The van der Waals surface area contributed by atoms with Gasteiger partial charge in [0, 0.05) is 15.0 Å². The van der Waals surface area contributed by atoms with Gasteiger partial charge in [0.05, 0.1) is 12.4 Å². The molecule has 2 aromatic heterocycles. The Kier molecular flexibility index (Phi) is 5.32. The Bertz CT molecular complexity index is 983. The van der Waals surface area contributed by atoms with E-state index in [4.69, 9.17) is 9.26 Å².